The van der Waals surface area contributed by atoms with E-state index in [0.717, 1.165) is 12.8 Å². The molecule has 2 rings (SSSR count). The average Bonchev–Trinajstić information content (AvgIpc) is 2.87. The van der Waals surface area contributed by atoms with Crippen LogP contribution in [0.15, 0.2) is 48.6 Å². The van der Waals surface area contributed by atoms with Crippen LogP contribution in [0.25, 0.3) is 0 Å². The first-order chi connectivity index (χ1) is 17.1. The number of hydrogen-bond acceptors (Lipinski definition) is 8. The molecule has 2 aromatic carbocycles. The number of allylic oxidation sites excluding steroid dienone is 1. The zero-order valence-electron chi connectivity index (χ0n) is 22.5. The second-order valence-electron chi connectivity index (χ2n) is 6.40. The Kier molecular flexibility index (Phi) is 10.4. The maximum absolute atomic E-state index is 11.9. The van der Waals surface area contributed by atoms with Gasteiger partial charge in [-0.1, -0.05) is 19.1 Å². The molecule has 0 saturated carbocycles. The molecule has 8 heteroatoms. The number of benzene rings is 2. The van der Waals surface area contributed by atoms with Crippen molar-refractivity contribution in [3.63, 3.8) is 0 Å². The SMILES string of the molecule is CCC=CCCOC(=O)c1cc(OC)cc(OC)c1.[2H]C([2H])([2H])OC(=O)c1cc(OC)cc(OC)c1. The zero-order valence-corrected chi connectivity index (χ0v) is 19.5. The predicted molar refractivity (Wildman–Crippen MR) is 125 cm³/mol. The fourth-order valence-corrected chi connectivity index (χ4v) is 2.50. The lowest BCUT2D eigenvalue weighted by atomic mass is 10.2. The molecule has 8 nitrogen and oxygen atoms in total. The molecule has 0 aliphatic carbocycles. The smallest absolute Gasteiger partial charge is 0.338 e. The quantitative estimate of drug-likeness (QED) is 0.284. The maximum atomic E-state index is 11.9. The van der Waals surface area contributed by atoms with Gasteiger partial charge >= 0.3 is 11.9 Å². The summed E-state index contributed by atoms with van der Waals surface area (Å²) in [4.78, 5) is 23.4. The van der Waals surface area contributed by atoms with Crippen LogP contribution in [0.5, 0.6) is 23.0 Å². The largest absolute Gasteiger partial charge is 0.497 e. The van der Waals surface area contributed by atoms with Crippen molar-refractivity contribution >= 4 is 11.9 Å². The second kappa shape index (κ2) is 15.2. The molecule has 0 amide bonds. The molecule has 33 heavy (non-hydrogen) atoms. The molecule has 0 bridgehead atoms. The van der Waals surface area contributed by atoms with E-state index in [0.29, 0.717) is 35.2 Å². The molecule has 0 fully saturated rings. The first-order valence-corrected chi connectivity index (χ1v) is 10.1. The molecule has 0 unspecified atom stereocenters. The van der Waals surface area contributed by atoms with E-state index in [4.69, 9.17) is 27.8 Å². The number of ether oxygens (including phenoxy) is 6. The topological polar surface area (TPSA) is 89.5 Å². The first-order valence-electron chi connectivity index (χ1n) is 11.6. The van der Waals surface area contributed by atoms with Crippen molar-refractivity contribution in [2.24, 2.45) is 0 Å². The van der Waals surface area contributed by atoms with E-state index in [9.17, 15) is 9.59 Å². The minimum Gasteiger partial charge on any atom is -0.497 e. The van der Waals surface area contributed by atoms with Gasteiger partial charge < -0.3 is 28.4 Å². The molecule has 0 aliphatic rings. The molecule has 180 valence electrons. The lowest BCUT2D eigenvalue weighted by Crippen LogP contribution is -2.06. The van der Waals surface area contributed by atoms with Gasteiger partial charge in [-0.05, 0) is 37.1 Å². The van der Waals surface area contributed by atoms with Gasteiger partial charge in [-0.2, -0.15) is 0 Å². The number of carbonyl (C=O) groups is 2. The van der Waals surface area contributed by atoms with Crippen molar-refractivity contribution in [2.45, 2.75) is 19.8 Å². The van der Waals surface area contributed by atoms with Gasteiger partial charge in [0.15, 0.2) is 0 Å². The van der Waals surface area contributed by atoms with Gasteiger partial charge in [0.1, 0.15) is 23.0 Å². The van der Waals surface area contributed by atoms with E-state index in [-0.39, 0.29) is 11.5 Å². The Morgan fingerprint density at radius 1 is 0.758 bits per heavy atom. The summed E-state index contributed by atoms with van der Waals surface area (Å²) < 4.78 is 50.1. The van der Waals surface area contributed by atoms with Crippen LogP contribution in [0.4, 0.5) is 0 Å². The molecule has 0 atom stereocenters. The number of methoxy groups -OCH3 is 5. The van der Waals surface area contributed by atoms with Crippen molar-refractivity contribution in [1.82, 2.24) is 0 Å². The van der Waals surface area contributed by atoms with Crippen molar-refractivity contribution in [3.8, 4) is 23.0 Å². The van der Waals surface area contributed by atoms with Gasteiger partial charge in [-0.25, -0.2) is 9.59 Å². The van der Waals surface area contributed by atoms with Crippen LogP contribution in [0.3, 0.4) is 0 Å². The fraction of sp³-hybridized carbons (Fsp3) is 0.360. The van der Waals surface area contributed by atoms with Crippen LogP contribution in [-0.2, 0) is 9.47 Å². The number of hydrogen-bond donors (Lipinski definition) is 0. The van der Waals surface area contributed by atoms with Crippen molar-refractivity contribution in [2.75, 3.05) is 42.1 Å². The number of carbonyl (C=O) groups excluding carboxylic acids is 2. The minimum absolute atomic E-state index is 0.0531. The van der Waals surface area contributed by atoms with Crippen molar-refractivity contribution in [3.05, 3.63) is 59.7 Å². The summed E-state index contributed by atoms with van der Waals surface area (Å²) in [5, 5.41) is 0. The van der Waals surface area contributed by atoms with Gasteiger partial charge in [0, 0.05) is 12.1 Å². The second-order valence-corrected chi connectivity index (χ2v) is 6.40. The van der Waals surface area contributed by atoms with Gasteiger partial charge in [-0.15, -0.1) is 0 Å². The molecule has 0 heterocycles. The summed E-state index contributed by atoms with van der Waals surface area (Å²) >= 11 is 0. The molecule has 0 saturated heterocycles. The maximum Gasteiger partial charge on any atom is 0.338 e. The lowest BCUT2D eigenvalue weighted by molar-refractivity contribution is 0.0510. The van der Waals surface area contributed by atoms with E-state index < -0.39 is 13.0 Å². The van der Waals surface area contributed by atoms with Crippen LogP contribution in [0.1, 0.15) is 44.6 Å². The number of esters is 2. The third kappa shape index (κ3) is 9.55. The Balaban J connectivity index is 0.000000362. The van der Waals surface area contributed by atoms with Crippen molar-refractivity contribution in [1.29, 1.82) is 0 Å². The minimum atomic E-state index is -2.77. The van der Waals surface area contributed by atoms with Crippen LogP contribution < -0.4 is 18.9 Å². The summed E-state index contributed by atoms with van der Waals surface area (Å²) in [6.45, 7) is 2.43. The van der Waals surface area contributed by atoms with Crippen molar-refractivity contribution < 1.29 is 42.1 Å². The summed E-state index contributed by atoms with van der Waals surface area (Å²) in [6.07, 6.45) is 5.75. The average molecular weight is 464 g/mol. The first kappa shape index (κ1) is 22.5. The highest BCUT2D eigenvalue weighted by Gasteiger charge is 2.11. The molecule has 0 N–H and O–H groups in total. The Morgan fingerprint density at radius 3 is 1.61 bits per heavy atom. The van der Waals surface area contributed by atoms with Crippen LogP contribution in [0, 0.1) is 0 Å². The van der Waals surface area contributed by atoms with Crippen LogP contribution >= 0.6 is 0 Å². The fourth-order valence-electron chi connectivity index (χ4n) is 2.50. The zero-order chi connectivity index (χ0) is 27.1. The molecular formula is C25H32O8. The lowest BCUT2D eigenvalue weighted by Gasteiger charge is -2.08. The monoisotopic (exact) mass is 463 g/mol. The summed E-state index contributed by atoms with van der Waals surface area (Å²) in [5.74, 6) is 0.558. The summed E-state index contributed by atoms with van der Waals surface area (Å²) in [5.41, 5.74) is 0.480. The van der Waals surface area contributed by atoms with Gasteiger partial charge in [-0.3, -0.25) is 0 Å². The number of rotatable bonds is 10. The molecule has 0 aromatic heterocycles. The van der Waals surface area contributed by atoms with E-state index in [1.54, 1.807) is 38.5 Å². The van der Waals surface area contributed by atoms with Crippen LogP contribution in [-0.4, -0.2) is 54.0 Å². The summed E-state index contributed by atoms with van der Waals surface area (Å²) in [6, 6.07) is 9.28. The van der Waals surface area contributed by atoms with Gasteiger partial charge in [0.2, 0.25) is 0 Å². The molecule has 0 radical (unpaired) electrons. The molecule has 0 spiro atoms. The summed E-state index contributed by atoms with van der Waals surface area (Å²) in [7, 11) is 3.16. The highest BCUT2D eigenvalue weighted by atomic mass is 16.5. The molecule has 0 aliphatic heterocycles. The third-order valence-corrected chi connectivity index (χ3v) is 4.19. The Morgan fingerprint density at radius 2 is 1.21 bits per heavy atom. The van der Waals surface area contributed by atoms with E-state index in [1.807, 2.05) is 12.2 Å². The molecular weight excluding hydrogens is 428 g/mol. The highest BCUT2D eigenvalue weighted by molar-refractivity contribution is 5.91. The standard InChI is InChI=1S/C15H20O4.C10H12O4/c1-4-5-6-7-8-19-15(16)12-9-13(17-2)11-14(10-12)18-3;1-12-8-4-7(10(11)14-3)5-9(6-8)13-2/h5-6,9-11H,4,7-8H2,1-3H3;4-6H,1-3H3/i;3D3. The molecule has 2 aromatic rings. The van der Waals surface area contributed by atoms with Gasteiger partial charge in [0.05, 0.1) is 57.3 Å². The normalized spacial score (nSPS) is 11.7. The van der Waals surface area contributed by atoms with E-state index in [2.05, 4.69) is 11.7 Å². The van der Waals surface area contributed by atoms with E-state index >= 15 is 0 Å². The van der Waals surface area contributed by atoms with Gasteiger partial charge in [0.25, 0.3) is 0 Å². The predicted octanol–water partition coefficient (Wildman–Crippen LogP) is 4.71. The van der Waals surface area contributed by atoms with Crippen LogP contribution in [0.2, 0.25) is 0 Å². The Hall–Kier alpha value is -3.68. The Labute approximate surface area is 199 Å². The highest BCUT2D eigenvalue weighted by Crippen LogP contribution is 2.23. The Bertz CT molecular complexity index is 974. The third-order valence-electron chi connectivity index (χ3n) is 4.19. The van der Waals surface area contributed by atoms with E-state index in [1.165, 1.54) is 26.4 Å².